The Balaban J connectivity index is 2.00. The summed E-state index contributed by atoms with van der Waals surface area (Å²) in [5.41, 5.74) is 0.616. The Labute approximate surface area is 97.8 Å². The molecule has 1 aromatic rings. The van der Waals surface area contributed by atoms with Gasteiger partial charge in [-0.3, -0.25) is 15.1 Å². The summed E-state index contributed by atoms with van der Waals surface area (Å²) in [6, 6.07) is 1.65. The second kappa shape index (κ2) is 5.16. The highest BCUT2D eigenvalue weighted by Gasteiger charge is 2.18. The van der Waals surface area contributed by atoms with Gasteiger partial charge in [0, 0.05) is 12.7 Å². The van der Waals surface area contributed by atoms with Crippen LogP contribution in [-0.4, -0.2) is 28.0 Å². The van der Waals surface area contributed by atoms with E-state index >= 15 is 0 Å². The molecule has 2 rings (SSSR count). The molecule has 6 heteroatoms. The smallest absolute Gasteiger partial charge is 0.310 e. The predicted molar refractivity (Wildman–Crippen MR) is 64.8 cm³/mol. The van der Waals surface area contributed by atoms with Crippen molar-refractivity contribution in [3.05, 3.63) is 28.6 Å². The Kier molecular flexibility index (Phi) is 3.61. The molecule has 1 saturated heterocycles. The SMILES string of the molecule is O=[N+]([O-])c1cnccc1NCC1CCSC1. The lowest BCUT2D eigenvalue weighted by atomic mass is 10.1. The van der Waals surface area contributed by atoms with Crippen LogP contribution >= 0.6 is 11.8 Å². The van der Waals surface area contributed by atoms with Crippen LogP contribution in [0.2, 0.25) is 0 Å². The minimum Gasteiger partial charge on any atom is -0.379 e. The van der Waals surface area contributed by atoms with Gasteiger partial charge in [-0.1, -0.05) is 0 Å². The summed E-state index contributed by atoms with van der Waals surface area (Å²) in [5, 5.41) is 13.9. The molecule has 0 spiro atoms. The van der Waals surface area contributed by atoms with Crippen LogP contribution in [0.4, 0.5) is 11.4 Å². The van der Waals surface area contributed by atoms with Crippen LogP contribution in [0.15, 0.2) is 18.5 Å². The van der Waals surface area contributed by atoms with E-state index in [9.17, 15) is 10.1 Å². The van der Waals surface area contributed by atoms with Gasteiger partial charge in [-0.25, -0.2) is 0 Å². The van der Waals surface area contributed by atoms with Crippen LogP contribution in [0.25, 0.3) is 0 Å². The number of hydrogen-bond donors (Lipinski definition) is 1. The quantitative estimate of drug-likeness (QED) is 0.644. The highest BCUT2D eigenvalue weighted by Crippen LogP contribution is 2.26. The van der Waals surface area contributed by atoms with Crippen molar-refractivity contribution in [1.29, 1.82) is 0 Å². The van der Waals surface area contributed by atoms with Gasteiger partial charge in [0.15, 0.2) is 0 Å². The van der Waals surface area contributed by atoms with Crippen molar-refractivity contribution in [3.8, 4) is 0 Å². The molecule has 0 bridgehead atoms. The molecule has 1 N–H and O–H groups in total. The number of pyridine rings is 1. The molecule has 0 aliphatic carbocycles. The lowest BCUT2D eigenvalue weighted by Crippen LogP contribution is -2.14. The Bertz CT molecular complexity index is 380. The lowest BCUT2D eigenvalue weighted by Gasteiger charge is -2.10. The van der Waals surface area contributed by atoms with Crippen LogP contribution < -0.4 is 5.32 Å². The molecule has 0 radical (unpaired) electrons. The number of rotatable bonds is 4. The summed E-state index contributed by atoms with van der Waals surface area (Å²) in [6.45, 7) is 0.803. The van der Waals surface area contributed by atoms with E-state index in [-0.39, 0.29) is 5.69 Å². The van der Waals surface area contributed by atoms with E-state index < -0.39 is 4.92 Å². The van der Waals surface area contributed by atoms with E-state index in [1.165, 1.54) is 18.4 Å². The maximum Gasteiger partial charge on any atom is 0.310 e. The second-order valence-electron chi connectivity index (χ2n) is 3.76. The average molecular weight is 239 g/mol. The van der Waals surface area contributed by atoms with Gasteiger partial charge in [-0.15, -0.1) is 0 Å². The van der Waals surface area contributed by atoms with Gasteiger partial charge < -0.3 is 5.32 Å². The summed E-state index contributed by atoms with van der Waals surface area (Å²) in [4.78, 5) is 14.1. The second-order valence-corrected chi connectivity index (χ2v) is 4.91. The molecule has 1 fully saturated rings. The van der Waals surface area contributed by atoms with Crippen molar-refractivity contribution in [2.24, 2.45) is 5.92 Å². The van der Waals surface area contributed by atoms with E-state index in [1.807, 2.05) is 11.8 Å². The maximum absolute atomic E-state index is 10.7. The van der Waals surface area contributed by atoms with Crippen LogP contribution in [0.5, 0.6) is 0 Å². The van der Waals surface area contributed by atoms with Gasteiger partial charge in [0.05, 0.1) is 4.92 Å². The molecule has 2 heterocycles. The van der Waals surface area contributed by atoms with Crippen molar-refractivity contribution in [3.63, 3.8) is 0 Å². The molecule has 1 unspecified atom stereocenters. The first-order chi connectivity index (χ1) is 7.77. The average Bonchev–Trinajstić information content (AvgIpc) is 2.79. The lowest BCUT2D eigenvalue weighted by molar-refractivity contribution is -0.384. The first-order valence-corrected chi connectivity index (χ1v) is 6.33. The fourth-order valence-corrected chi connectivity index (χ4v) is 2.96. The van der Waals surface area contributed by atoms with Gasteiger partial charge in [-0.2, -0.15) is 11.8 Å². The molecule has 1 aromatic heterocycles. The Morgan fingerprint density at radius 1 is 1.69 bits per heavy atom. The van der Waals surface area contributed by atoms with Gasteiger partial charge in [-0.05, 0) is 29.9 Å². The van der Waals surface area contributed by atoms with Crippen LogP contribution in [0, 0.1) is 16.0 Å². The monoisotopic (exact) mass is 239 g/mol. The summed E-state index contributed by atoms with van der Waals surface area (Å²) >= 11 is 1.94. The van der Waals surface area contributed by atoms with Crippen molar-refractivity contribution >= 4 is 23.1 Å². The standard InChI is InChI=1S/C10H13N3O2S/c14-13(15)10-6-11-3-1-9(10)12-5-8-2-4-16-7-8/h1,3,6,8H,2,4-5,7H2,(H,11,12). The largest absolute Gasteiger partial charge is 0.379 e. The highest BCUT2D eigenvalue weighted by molar-refractivity contribution is 7.99. The number of thioether (sulfide) groups is 1. The molecule has 16 heavy (non-hydrogen) atoms. The van der Waals surface area contributed by atoms with Gasteiger partial charge in [0.2, 0.25) is 0 Å². The predicted octanol–water partition coefficient (Wildman–Crippen LogP) is 2.15. The number of aromatic nitrogens is 1. The molecule has 5 nitrogen and oxygen atoms in total. The fraction of sp³-hybridized carbons (Fsp3) is 0.500. The molecule has 86 valence electrons. The third-order valence-electron chi connectivity index (χ3n) is 2.60. The van der Waals surface area contributed by atoms with Crippen molar-refractivity contribution in [2.45, 2.75) is 6.42 Å². The Morgan fingerprint density at radius 2 is 2.56 bits per heavy atom. The Morgan fingerprint density at radius 3 is 3.25 bits per heavy atom. The molecule has 0 amide bonds. The van der Waals surface area contributed by atoms with Crippen LogP contribution in [-0.2, 0) is 0 Å². The summed E-state index contributed by atoms with van der Waals surface area (Å²) < 4.78 is 0. The normalized spacial score (nSPS) is 19.6. The van der Waals surface area contributed by atoms with Crippen LogP contribution in [0.3, 0.4) is 0 Å². The maximum atomic E-state index is 10.7. The third kappa shape index (κ3) is 2.63. The third-order valence-corrected chi connectivity index (χ3v) is 3.83. The topological polar surface area (TPSA) is 68.1 Å². The van der Waals surface area contributed by atoms with Crippen molar-refractivity contribution in [1.82, 2.24) is 4.98 Å². The number of hydrogen-bond acceptors (Lipinski definition) is 5. The highest BCUT2D eigenvalue weighted by atomic mass is 32.2. The number of nitro groups is 1. The zero-order valence-electron chi connectivity index (χ0n) is 8.76. The minimum atomic E-state index is -0.404. The van der Waals surface area contributed by atoms with Gasteiger partial charge in [0.25, 0.3) is 0 Å². The molecular formula is C10H13N3O2S. The molecule has 0 aromatic carbocycles. The zero-order chi connectivity index (χ0) is 11.4. The van der Waals surface area contributed by atoms with Crippen LogP contribution in [0.1, 0.15) is 6.42 Å². The van der Waals surface area contributed by atoms with Crippen molar-refractivity contribution in [2.75, 3.05) is 23.4 Å². The van der Waals surface area contributed by atoms with E-state index in [2.05, 4.69) is 10.3 Å². The fourth-order valence-electron chi connectivity index (χ4n) is 1.68. The zero-order valence-corrected chi connectivity index (χ0v) is 9.57. The number of nitrogens with zero attached hydrogens (tertiary/aromatic N) is 2. The van der Waals surface area contributed by atoms with E-state index in [4.69, 9.17) is 0 Å². The molecular weight excluding hydrogens is 226 g/mol. The van der Waals surface area contributed by atoms with E-state index in [0.717, 1.165) is 12.3 Å². The van der Waals surface area contributed by atoms with E-state index in [1.54, 1.807) is 12.3 Å². The number of anilines is 1. The molecule has 1 atom stereocenters. The molecule has 1 aliphatic rings. The first kappa shape index (κ1) is 11.2. The summed E-state index contributed by atoms with van der Waals surface area (Å²) in [6.07, 6.45) is 4.04. The number of nitrogens with one attached hydrogen (secondary N) is 1. The molecule has 1 aliphatic heterocycles. The van der Waals surface area contributed by atoms with Crippen molar-refractivity contribution < 1.29 is 4.92 Å². The Hall–Kier alpha value is -1.30. The minimum absolute atomic E-state index is 0.0492. The summed E-state index contributed by atoms with van der Waals surface area (Å²) in [5.74, 6) is 2.97. The summed E-state index contributed by atoms with van der Waals surface area (Å²) in [7, 11) is 0. The molecule has 0 saturated carbocycles. The van der Waals surface area contributed by atoms with Gasteiger partial charge in [0.1, 0.15) is 11.9 Å². The van der Waals surface area contributed by atoms with Gasteiger partial charge >= 0.3 is 5.69 Å². The first-order valence-electron chi connectivity index (χ1n) is 5.17. The van der Waals surface area contributed by atoms with E-state index in [0.29, 0.717) is 11.6 Å².